The Morgan fingerprint density at radius 1 is 1.35 bits per heavy atom. The number of hydrogen-bond donors (Lipinski definition) is 3. The molecule has 0 aromatic rings. The number of carbonyl (C=O) groups is 3. The molecule has 23 heavy (non-hydrogen) atoms. The molecule has 2 aliphatic rings. The Kier molecular flexibility index (Phi) is 4.84. The summed E-state index contributed by atoms with van der Waals surface area (Å²) in [6.45, 7) is 6.49. The second-order valence-electron chi connectivity index (χ2n) is 7.14. The van der Waals surface area contributed by atoms with Crippen LogP contribution in [-0.4, -0.2) is 59.6 Å². The molecule has 4 N–H and O–H groups in total. The minimum absolute atomic E-state index is 0.195. The number of piperazine rings is 1. The molecule has 2 rings (SSSR count). The summed E-state index contributed by atoms with van der Waals surface area (Å²) in [5.41, 5.74) is 3.96. The minimum Gasteiger partial charge on any atom is -0.444 e. The van der Waals surface area contributed by atoms with Crippen LogP contribution in [0.1, 0.15) is 40.0 Å². The van der Waals surface area contributed by atoms with Crippen LogP contribution in [0.15, 0.2) is 0 Å². The topological polar surface area (TPSA) is 114 Å². The Morgan fingerprint density at radius 3 is 2.48 bits per heavy atom. The van der Waals surface area contributed by atoms with Gasteiger partial charge in [-0.25, -0.2) is 4.79 Å². The smallest absolute Gasteiger partial charge is 0.410 e. The van der Waals surface area contributed by atoms with Crippen molar-refractivity contribution in [3.8, 4) is 0 Å². The summed E-state index contributed by atoms with van der Waals surface area (Å²) in [5.74, 6) is -0.403. The fraction of sp³-hybridized carbons (Fsp3) is 0.800. The Morgan fingerprint density at radius 2 is 1.96 bits per heavy atom. The van der Waals surface area contributed by atoms with Crippen LogP contribution in [0.2, 0.25) is 0 Å². The van der Waals surface area contributed by atoms with Gasteiger partial charge in [-0.15, -0.1) is 0 Å². The summed E-state index contributed by atoms with van der Waals surface area (Å²) < 4.78 is 5.34. The summed E-state index contributed by atoms with van der Waals surface area (Å²) in [6.07, 6.45) is 0.770. The molecule has 0 unspecified atom stereocenters. The zero-order valence-electron chi connectivity index (χ0n) is 14.0. The lowest BCUT2D eigenvalue weighted by Gasteiger charge is -2.44. The maximum atomic E-state index is 12.4. The maximum absolute atomic E-state index is 12.4. The number of hydrogen-bond acceptors (Lipinski definition) is 5. The molecule has 130 valence electrons. The van der Waals surface area contributed by atoms with Gasteiger partial charge in [0.2, 0.25) is 11.8 Å². The number of likely N-dealkylation sites (tertiary alicyclic amines) is 1. The van der Waals surface area contributed by atoms with Gasteiger partial charge < -0.3 is 26.0 Å². The van der Waals surface area contributed by atoms with Crippen molar-refractivity contribution in [2.75, 3.05) is 19.6 Å². The Labute approximate surface area is 136 Å². The van der Waals surface area contributed by atoms with Crippen LogP contribution in [0.5, 0.6) is 0 Å². The molecule has 0 saturated carbocycles. The van der Waals surface area contributed by atoms with Crippen molar-refractivity contribution in [3.05, 3.63) is 0 Å². The van der Waals surface area contributed by atoms with E-state index in [0.717, 1.165) is 0 Å². The van der Waals surface area contributed by atoms with Crippen LogP contribution in [0.4, 0.5) is 4.79 Å². The lowest BCUT2D eigenvalue weighted by molar-refractivity contribution is -0.143. The maximum Gasteiger partial charge on any atom is 0.410 e. The molecule has 1 atom stereocenters. The number of nitrogens with one attached hydrogen (secondary N) is 2. The third-order valence-electron chi connectivity index (χ3n) is 4.14. The van der Waals surface area contributed by atoms with Gasteiger partial charge in [0.15, 0.2) is 0 Å². The van der Waals surface area contributed by atoms with Gasteiger partial charge in [0.05, 0.1) is 0 Å². The van der Waals surface area contributed by atoms with E-state index in [0.29, 0.717) is 38.9 Å². The summed E-state index contributed by atoms with van der Waals surface area (Å²) in [4.78, 5) is 38.2. The molecule has 0 bridgehead atoms. The van der Waals surface area contributed by atoms with Crippen LogP contribution in [0.25, 0.3) is 0 Å². The van der Waals surface area contributed by atoms with E-state index in [4.69, 9.17) is 10.5 Å². The Bertz CT molecular complexity index is 492. The second kappa shape index (κ2) is 6.35. The SMILES string of the molecule is CC(C)(C)OC(=O)N1CCC2(CC1)NC(=O)[C@H](CCN)NC2=O. The number of piperidine rings is 1. The van der Waals surface area contributed by atoms with Crippen LogP contribution in [0.3, 0.4) is 0 Å². The first-order chi connectivity index (χ1) is 10.7. The van der Waals surface area contributed by atoms with Gasteiger partial charge in [-0.1, -0.05) is 0 Å². The van der Waals surface area contributed by atoms with Crippen molar-refractivity contribution in [1.29, 1.82) is 0 Å². The highest BCUT2D eigenvalue weighted by Gasteiger charge is 2.48. The van der Waals surface area contributed by atoms with Crippen molar-refractivity contribution in [1.82, 2.24) is 15.5 Å². The predicted molar refractivity (Wildman–Crippen MR) is 83.5 cm³/mol. The summed E-state index contributed by atoms with van der Waals surface area (Å²) in [7, 11) is 0. The average Bonchev–Trinajstić information content (AvgIpc) is 2.44. The van der Waals surface area contributed by atoms with Crippen molar-refractivity contribution >= 4 is 17.9 Å². The summed E-state index contributed by atoms with van der Waals surface area (Å²) >= 11 is 0. The molecule has 2 aliphatic heterocycles. The van der Waals surface area contributed by atoms with Gasteiger partial charge in [-0.3, -0.25) is 9.59 Å². The van der Waals surface area contributed by atoms with Crippen LogP contribution < -0.4 is 16.4 Å². The summed E-state index contributed by atoms with van der Waals surface area (Å²) in [6, 6.07) is -0.568. The van der Waals surface area contributed by atoms with E-state index in [2.05, 4.69) is 10.6 Å². The van der Waals surface area contributed by atoms with E-state index in [9.17, 15) is 14.4 Å². The number of nitrogens with zero attached hydrogens (tertiary/aromatic N) is 1. The molecule has 1 spiro atoms. The van der Waals surface area contributed by atoms with Gasteiger partial charge in [0, 0.05) is 13.1 Å². The lowest BCUT2D eigenvalue weighted by atomic mass is 9.84. The molecule has 3 amide bonds. The zero-order chi connectivity index (χ0) is 17.3. The van der Waals surface area contributed by atoms with E-state index >= 15 is 0 Å². The largest absolute Gasteiger partial charge is 0.444 e. The Hall–Kier alpha value is -1.83. The van der Waals surface area contributed by atoms with Crippen molar-refractivity contribution in [3.63, 3.8) is 0 Å². The normalized spacial score (nSPS) is 24.2. The third kappa shape index (κ3) is 3.93. The number of ether oxygens (including phenoxy) is 1. The fourth-order valence-electron chi connectivity index (χ4n) is 2.86. The number of nitrogens with two attached hydrogens (primary N) is 1. The zero-order valence-corrected chi connectivity index (χ0v) is 14.0. The van der Waals surface area contributed by atoms with E-state index in [1.165, 1.54) is 0 Å². The molecule has 0 aromatic carbocycles. The fourth-order valence-corrected chi connectivity index (χ4v) is 2.86. The molecule has 8 nitrogen and oxygen atoms in total. The first-order valence-corrected chi connectivity index (χ1v) is 7.98. The highest BCUT2D eigenvalue weighted by atomic mass is 16.6. The predicted octanol–water partition coefficient (Wildman–Crippen LogP) is -0.280. The monoisotopic (exact) mass is 326 g/mol. The van der Waals surface area contributed by atoms with Gasteiger partial charge in [0.25, 0.3) is 0 Å². The van der Waals surface area contributed by atoms with E-state index in [1.807, 2.05) is 20.8 Å². The first-order valence-electron chi connectivity index (χ1n) is 7.98. The van der Waals surface area contributed by atoms with Gasteiger partial charge in [0.1, 0.15) is 17.2 Å². The van der Waals surface area contributed by atoms with Crippen LogP contribution in [-0.2, 0) is 14.3 Å². The molecule has 0 aliphatic carbocycles. The molecule has 0 aromatic heterocycles. The number of amides is 3. The van der Waals surface area contributed by atoms with E-state index < -0.39 is 23.3 Å². The Balaban J connectivity index is 1.96. The molecule has 2 saturated heterocycles. The molecular weight excluding hydrogens is 300 g/mol. The highest BCUT2D eigenvalue weighted by molar-refractivity contribution is 6.00. The molecule has 2 fully saturated rings. The summed E-state index contributed by atoms with van der Waals surface area (Å²) in [5, 5.41) is 5.58. The van der Waals surface area contributed by atoms with Crippen LogP contribution >= 0.6 is 0 Å². The third-order valence-corrected chi connectivity index (χ3v) is 4.14. The second-order valence-corrected chi connectivity index (χ2v) is 7.14. The van der Waals surface area contributed by atoms with E-state index in [1.54, 1.807) is 4.90 Å². The van der Waals surface area contributed by atoms with Crippen LogP contribution in [0, 0.1) is 0 Å². The quantitative estimate of drug-likeness (QED) is 0.646. The molecule has 8 heteroatoms. The standard InChI is InChI=1S/C15H26N4O4/c1-14(2,3)23-13(22)19-8-5-15(6-9-19)12(21)17-10(4-7-16)11(20)18-15/h10H,4-9,16H2,1-3H3,(H,17,21)(H,18,20)/t10-/m0/s1. The highest BCUT2D eigenvalue weighted by Crippen LogP contribution is 2.26. The molecule has 2 heterocycles. The van der Waals surface area contributed by atoms with Gasteiger partial charge in [-0.2, -0.15) is 0 Å². The number of carbonyl (C=O) groups excluding carboxylic acids is 3. The molecular formula is C15H26N4O4. The minimum atomic E-state index is -0.930. The van der Waals surface area contributed by atoms with Gasteiger partial charge >= 0.3 is 6.09 Å². The lowest BCUT2D eigenvalue weighted by Crippen LogP contribution is -2.72. The molecule has 0 radical (unpaired) electrons. The van der Waals surface area contributed by atoms with Crippen molar-refractivity contribution < 1.29 is 19.1 Å². The van der Waals surface area contributed by atoms with Gasteiger partial charge in [-0.05, 0) is 46.6 Å². The number of rotatable bonds is 2. The van der Waals surface area contributed by atoms with Crippen molar-refractivity contribution in [2.45, 2.75) is 57.2 Å². The first kappa shape index (κ1) is 17.5. The van der Waals surface area contributed by atoms with E-state index in [-0.39, 0.29) is 11.8 Å². The van der Waals surface area contributed by atoms with Crippen molar-refractivity contribution in [2.24, 2.45) is 5.73 Å². The average molecular weight is 326 g/mol.